The van der Waals surface area contributed by atoms with Crippen molar-refractivity contribution >= 4 is 57.3 Å². The number of nitrogens with zero attached hydrogens (tertiary/aromatic N) is 2. The summed E-state index contributed by atoms with van der Waals surface area (Å²) in [5.41, 5.74) is 0. The van der Waals surface area contributed by atoms with Crippen molar-refractivity contribution in [3.8, 4) is 0 Å². The van der Waals surface area contributed by atoms with Crippen molar-refractivity contribution in [1.82, 2.24) is 0 Å². The van der Waals surface area contributed by atoms with Crippen LogP contribution in [0, 0.1) is 0 Å². The maximum atomic E-state index is 9.68. The molecule has 4 nitrogen and oxygen atoms in total. The Labute approximate surface area is 70.4 Å². The van der Waals surface area contributed by atoms with E-state index in [1.807, 2.05) is 0 Å². The monoisotopic (exact) mass is 324 g/mol. The van der Waals surface area contributed by atoms with E-state index in [0.29, 0.717) is 0 Å². The van der Waals surface area contributed by atoms with Gasteiger partial charge in [-0.25, -0.2) is 0 Å². The molecule has 0 saturated heterocycles. The fraction of sp³-hybridized carbons (Fsp3) is 0. The van der Waals surface area contributed by atoms with Gasteiger partial charge in [0.15, 0.2) is 0 Å². The predicted octanol–water partition coefficient (Wildman–Crippen LogP) is 0.693. The second kappa shape index (κ2) is 4.77. The zero-order valence-corrected chi connectivity index (χ0v) is 9.17. The van der Waals surface area contributed by atoms with Crippen molar-refractivity contribution in [3.05, 3.63) is 0 Å². The molecule has 0 aliphatic heterocycles. The maximum absolute atomic E-state index is 9.68. The summed E-state index contributed by atoms with van der Waals surface area (Å²) in [6.07, 6.45) is 0. The van der Waals surface area contributed by atoms with E-state index < -0.39 is 16.5 Å². The number of rotatable bonds is 2. The van der Waals surface area contributed by atoms with Gasteiger partial charge < -0.3 is 0 Å². The molecule has 0 unspecified atom stereocenters. The molecule has 0 radical (unpaired) electrons. The standard InChI is InChI=1S/Cl2N2O2S2Te/c1-9(2,3-7-5)4-8-6. The van der Waals surface area contributed by atoms with Crippen molar-refractivity contribution in [2.24, 2.45) is 5.23 Å². The van der Waals surface area contributed by atoms with Gasteiger partial charge in [-0.2, -0.15) is 0 Å². The Morgan fingerprint density at radius 2 is 1.44 bits per heavy atom. The van der Waals surface area contributed by atoms with Crippen LogP contribution in [0.25, 0.3) is 0 Å². The summed E-state index contributed by atoms with van der Waals surface area (Å²) in [7, 11) is 10.6. The van der Waals surface area contributed by atoms with Crippen LogP contribution in [0.3, 0.4) is 0 Å². The van der Waals surface area contributed by atoms with Crippen LogP contribution >= 0.6 is 17.9 Å². The normalized spacial score (nSPS) is 11.8. The third-order valence-electron chi connectivity index (χ3n) is 0.240. The molecule has 0 amide bonds. The Kier molecular flexibility index (Phi) is 5.30. The zero-order chi connectivity index (χ0) is 7.33. The van der Waals surface area contributed by atoms with E-state index in [1.165, 1.54) is 0 Å². The van der Waals surface area contributed by atoms with Gasteiger partial charge in [-0.15, -0.1) is 0 Å². The molecule has 9 heteroatoms. The topological polar surface area (TPSA) is 58.9 Å². The number of hydrogen-bond donors (Lipinski definition) is 0. The third-order valence-corrected chi connectivity index (χ3v) is 9.37. The molecule has 0 atom stereocenters. The Morgan fingerprint density at radius 1 is 1.11 bits per heavy atom. The quantitative estimate of drug-likeness (QED) is 0.702. The third kappa shape index (κ3) is 5.45. The molecular weight excluding hydrogens is 323 g/mol. The molecule has 9 heavy (non-hydrogen) atoms. The van der Waals surface area contributed by atoms with Crippen molar-refractivity contribution < 1.29 is 8.42 Å². The molecule has 0 aromatic rings. The van der Waals surface area contributed by atoms with Gasteiger partial charge in [0.05, 0.1) is 0 Å². The van der Waals surface area contributed by atoms with E-state index in [2.05, 4.69) is 5.23 Å². The van der Waals surface area contributed by atoms with Crippen molar-refractivity contribution in [1.29, 1.82) is 0 Å². The van der Waals surface area contributed by atoms with E-state index in [9.17, 15) is 8.42 Å². The van der Waals surface area contributed by atoms with Gasteiger partial charge in [0.2, 0.25) is 0 Å². The first-order chi connectivity index (χ1) is 4.12. The molecule has 0 rings (SSSR count). The van der Waals surface area contributed by atoms with E-state index in [-0.39, 0.29) is 22.9 Å². The first kappa shape index (κ1) is 10.0. The molecule has 0 bridgehead atoms. The van der Waals surface area contributed by atoms with Crippen LogP contribution < -0.4 is 0 Å². The molecule has 0 aromatic heterocycles. The first-order valence-corrected chi connectivity index (χ1v) is 10.8. The van der Waals surface area contributed by atoms with Crippen LogP contribution in [0.15, 0.2) is 5.23 Å². The molecule has 0 aromatic carbocycles. The van der Waals surface area contributed by atoms with Crippen LogP contribution in [0.2, 0.25) is 0 Å². The second-order valence-electron chi connectivity index (χ2n) is 0.714. The predicted molar refractivity (Wildman–Crippen MR) is 38.6 cm³/mol. The average molecular weight is 323 g/mol. The van der Waals surface area contributed by atoms with E-state index in [1.54, 1.807) is 0 Å². The first-order valence-electron chi connectivity index (χ1n) is 1.37. The molecule has 0 N–H and O–H groups in total. The van der Waals surface area contributed by atoms with Crippen molar-refractivity contribution in [2.45, 2.75) is 0 Å². The Morgan fingerprint density at radius 3 is 1.67 bits per heavy atom. The van der Waals surface area contributed by atoms with Gasteiger partial charge in [-0.1, -0.05) is 0 Å². The molecule has 0 saturated carbocycles. The summed E-state index contributed by atoms with van der Waals surface area (Å²) in [6, 6.07) is 0. The fourth-order valence-corrected chi connectivity index (χ4v) is 4.15. The average Bonchev–Trinajstić information content (AvgIpc) is 1.64. The zero-order valence-electron chi connectivity index (χ0n) is 3.69. The van der Waals surface area contributed by atoms with E-state index in [4.69, 9.17) is 17.9 Å². The molecule has 54 valence electrons. The van der Waals surface area contributed by atoms with Crippen molar-refractivity contribution in [3.63, 3.8) is 0 Å². The second-order valence-corrected chi connectivity index (χ2v) is 13.1. The minimum absolute atomic E-state index is 0.102. The van der Waals surface area contributed by atoms with Gasteiger partial charge in [0, 0.05) is 0 Å². The fourth-order valence-electron chi connectivity index (χ4n) is 0.0868. The molecule has 0 heterocycles. The SMILES string of the molecule is O=S=N[Te](Cl)(Cl)N=S=O. The summed E-state index contributed by atoms with van der Waals surface area (Å²) in [4.78, 5) is 0. The van der Waals surface area contributed by atoms with E-state index >= 15 is 0 Å². The van der Waals surface area contributed by atoms with Gasteiger partial charge in [0.25, 0.3) is 0 Å². The van der Waals surface area contributed by atoms with Crippen LogP contribution in [0.4, 0.5) is 0 Å². The van der Waals surface area contributed by atoms with Gasteiger partial charge >= 0.3 is 71.0 Å². The number of halogens is 2. The van der Waals surface area contributed by atoms with Crippen LogP contribution in [-0.4, -0.2) is 24.9 Å². The number of hydrogen-bond acceptors (Lipinski definition) is 4. The van der Waals surface area contributed by atoms with Crippen LogP contribution in [0.5, 0.6) is 0 Å². The minimum atomic E-state index is -3.69. The van der Waals surface area contributed by atoms with Gasteiger partial charge in [-0.3, -0.25) is 0 Å². The van der Waals surface area contributed by atoms with Gasteiger partial charge in [0.1, 0.15) is 0 Å². The van der Waals surface area contributed by atoms with E-state index in [0.717, 1.165) is 0 Å². The molecule has 0 fully saturated rings. The molecular formula is Cl2N2O2S2Te. The molecule has 0 aliphatic carbocycles. The molecule has 0 spiro atoms. The Balaban J connectivity index is 4.36. The van der Waals surface area contributed by atoms with Gasteiger partial charge in [-0.05, 0) is 0 Å². The summed E-state index contributed by atoms with van der Waals surface area (Å²) in [6.45, 7) is 0. The summed E-state index contributed by atoms with van der Waals surface area (Å²) in [5.74, 6) is 0. The Hall–Kier alpha value is 1.01. The van der Waals surface area contributed by atoms with Crippen LogP contribution in [0.1, 0.15) is 0 Å². The molecule has 0 aliphatic rings. The van der Waals surface area contributed by atoms with Crippen LogP contribution in [-0.2, 0) is 22.9 Å². The Bertz CT molecular complexity index is 173. The summed E-state index contributed by atoms with van der Waals surface area (Å²) >= 11 is -3.89. The summed E-state index contributed by atoms with van der Waals surface area (Å²) in [5, 5.41) is 0. The van der Waals surface area contributed by atoms with Crippen molar-refractivity contribution in [2.75, 3.05) is 0 Å². The summed E-state index contributed by atoms with van der Waals surface area (Å²) < 4.78 is 25.6.